The van der Waals surface area contributed by atoms with E-state index in [0.29, 0.717) is 23.6 Å². The molecule has 0 aliphatic rings. The van der Waals surface area contributed by atoms with Crippen molar-refractivity contribution in [2.45, 2.75) is 13.5 Å². The van der Waals surface area contributed by atoms with Crippen LogP contribution in [-0.4, -0.2) is 41.3 Å². The summed E-state index contributed by atoms with van der Waals surface area (Å²) >= 11 is 0. The second-order valence-corrected chi connectivity index (χ2v) is 6.28. The summed E-state index contributed by atoms with van der Waals surface area (Å²) in [7, 11) is 4.86. The smallest absolute Gasteiger partial charge is 0.276 e. The van der Waals surface area contributed by atoms with Gasteiger partial charge in [-0.05, 0) is 24.6 Å². The van der Waals surface area contributed by atoms with Crippen molar-refractivity contribution in [3.8, 4) is 22.6 Å². The molecule has 0 radical (unpaired) electrons. The van der Waals surface area contributed by atoms with E-state index < -0.39 is 0 Å². The van der Waals surface area contributed by atoms with Crippen molar-refractivity contribution in [3.63, 3.8) is 0 Å². The lowest BCUT2D eigenvalue weighted by molar-refractivity contribution is -0.116. The molecule has 27 heavy (non-hydrogen) atoms. The number of fused-ring (bicyclic) bond motifs is 1. The fourth-order valence-corrected chi connectivity index (χ4v) is 3.06. The highest BCUT2D eigenvalue weighted by Crippen LogP contribution is 2.36. The van der Waals surface area contributed by atoms with Gasteiger partial charge in [-0.1, -0.05) is 0 Å². The van der Waals surface area contributed by atoms with Gasteiger partial charge in [0.2, 0.25) is 0 Å². The minimum Gasteiger partial charge on any atom is -0.496 e. The molecule has 0 bridgehead atoms. The van der Waals surface area contributed by atoms with E-state index in [-0.39, 0.29) is 17.9 Å². The lowest BCUT2D eigenvalue weighted by Gasteiger charge is -2.16. The van der Waals surface area contributed by atoms with E-state index in [0.717, 1.165) is 22.1 Å². The van der Waals surface area contributed by atoms with Crippen LogP contribution in [0.1, 0.15) is 12.5 Å². The maximum absolute atomic E-state index is 12.3. The Hall–Kier alpha value is -3.13. The molecule has 0 saturated heterocycles. The Labute approximate surface area is 156 Å². The van der Waals surface area contributed by atoms with Gasteiger partial charge in [-0.15, -0.1) is 0 Å². The molecule has 3 aromatic rings. The minimum atomic E-state index is -0.143. The summed E-state index contributed by atoms with van der Waals surface area (Å²) in [5.41, 5.74) is 2.79. The molecule has 2 heterocycles. The highest BCUT2D eigenvalue weighted by atomic mass is 16.5. The first-order valence-electron chi connectivity index (χ1n) is 8.44. The first kappa shape index (κ1) is 18.7. The molecule has 0 atom stereocenters. The molecule has 1 aromatic carbocycles. The Morgan fingerprint density at radius 2 is 1.93 bits per heavy atom. The number of hydrogen-bond acceptors (Lipinski definition) is 6. The normalized spacial score (nSPS) is 11.0. The van der Waals surface area contributed by atoms with Gasteiger partial charge in [0.1, 0.15) is 22.8 Å². The third-order valence-corrected chi connectivity index (χ3v) is 4.38. The van der Waals surface area contributed by atoms with Gasteiger partial charge in [0.05, 0.1) is 27.0 Å². The number of aromatic nitrogens is 3. The first-order chi connectivity index (χ1) is 13.0. The molecule has 0 fully saturated rings. The van der Waals surface area contributed by atoms with Gasteiger partial charge in [0.25, 0.3) is 5.56 Å². The van der Waals surface area contributed by atoms with Gasteiger partial charge in [-0.25, -0.2) is 0 Å². The van der Waals surface area contributed by atoms with E-state index >= 15 is 0 Å². The van der Waals surface area contributed by atoms with Gasteiger partial charge in [-0.3, -0.25) is 14.7 Å². The molecule has 0 aliphatic heterocycles. The molecule has 8 nitrogen and oxygen atoms in total. The summed E-state index contributed by atoms with van der Waals surface area (Å²) in [6.07, 6.45) is 3.40. The molecule has 2 aromatic heterocycles. The number of ether oxygens (including phenoxy) is 2. The monoisotopic (exact) mass is 370 g/mol. The number of pyridine rings is 1. The third kappa shape index (κ3) is 3.56. The fourth-order valence-electron chi connectivity index (χ4n) is 3.06. The number of ketones is 1. The zero-order valence-corrected chi connectivity index (χ0v) is 15.8. The van der Waals surface area contributed by atoms with Crippen LogP contribution in [0.25, 0.3) is 22.0 Å². The molecule has 0 aliphatic carbocycles. The summed E-state index contributed by atoms with van der Waals surface area (Å²) in [5, 5.41) is 10.6. The Balaban J connectivity index is 2.13. The zero-order valence-electron chi connectivity index (χ0n) is 15.8. The summed E-state index contributed by atoms with van der Waals surface area (Å²) in [5.74, 6) is 1.31. The number of benzene rings is 1. The van der Waals surface area contributed by atoms with Crippen LogP contribution >= 0.6 is 0 Å². The van der Waals surface area contributed by atoms with E-state index in [9.17, 15) is 9.59 Å². The zero-order chi connectivity index (χ0) is 19.6. The van der Waals surface area contributed by atoms with E-state index in [1.165, 1.54) is 11.5 Å². The number of nitrogens with one attached hydrogen (secondary N) is 2. The number of aryl methyl sites for hydroxylation is 1. The number of H-pyrrole nitrogens is 1. The topological polar surface area (TPSA) is 98.2 Å². The summed E-state index contributed by atoms with van der Waals surface area (Å²) in [6, 6.07) is 3.78. The maximum atomic E-state index is 12.3. The van der Waals surface area contributed by atoms with Crippen molar-refractivity contribution in [2.24, 2.45) is 7.05 Å². The van der Waals surface area contributed by atoms with Gasteiger partial charge >= 0.3 is 0 Å². The van der Waals surface area contributed by atoms with Crippen LogP contribution in [0.4, 0.5) is 0 Å². The number of carbonyl (C=O) groups excluding carboxylic acids is 1. The SMILES string of the molecule is COc1cc(-c2cn(C)c(=O)c3[nH]ncc23)cc(OC)c1CNCC(C)=O. The fraction of sp³-hybridized carbons (Fsp3) is 0.316. The summed E-state index contributed by atoms with van der Waals surface area (Å²) in [6.45, 7) is 2.23. The lowest BCUT2D eigenvalue weighted by Crippen LogP contribution is -2.21. The van der Waals surface area contributed by atoms with Crippen molar-refractivity contribution in [1.82, 2.24) is 20.1 Å². The van der Waals surface area contributed by atoms with Crippen LogP contribution in [0.2, 0.25) is 0 Å². The van der Waals surface area contributed by atoms with Crippen molar-refractivity contribution in [2.75, 3.05) is 20.8 Å². The van der Waals surface area contributed by atoms with Crippen molar-refractivity contribution in [3.05, 3.63) is 40.4 Å². The molecule has 0 saturated carbocycles. The average Bonchev–Trinajstić information content (AvgIpc) is 3.14. The van der Waals surface area contributed by atoms with Gasteiger partial charge in [-0.2, -0.15) is 5.10 Å². The highest BCUT2D eigenvalue weighted by molar-refractivity contribution is 5.94. The molecule has 0 amide bonds. The number of methoxy groups -OCH3 is 2. The third-order valence-electron chi connectivity index (χ3n) is 4.38. The summed E-state index contributed by atoms with van der Waals surface area (Å²) in [4.78, 5) is 23.4. The van der Waals surface area contributed by atoms with E-state index in [4.69, 9.17) is 9.47 Å². The maximum Gasteiger partial charge on any atom is 0.276 e. The van der Waals surface area contributed by atoms with Crippen LogP contribution in [0.15, 0.2) is 29.3 Å². The van der Waals surface area contributed by atoms with Crippen molar-refractivity contribution in [1.29, 1.82) is 0 Å². The second-order valence-electron chi connectivity index (χ2n) is 6.28. The van der Waals surface area contributed by atoms with Gasteiger partial charge in [0.15, 0.2) is 0 Å². The number of carbonyl (C=O) groups is 1. The van der Waals surface area contributed by atoms with E-state index in [2.05, 4.69) is 15.5 Å². The van der Waals surface area contributed by atoms with Gasteiger partial charge < -0.3 is 19.4 Å². The minimum absolute atomic E-state index is 0.0529. The standard InChI is InChI=1S/C19H22N4O4/c1-11(24)7-20-8-14-16(26-3)5-12(6-17(14)27-4)15-10-23(2)19(25)18-13(15)9-21-22-18/h5-6,9-10,20H,7-8H2,1-4H3,(H,21,22). The van der Waals surface area contributed by atoms with Gasteiger partial charge in [0, 0.05) is 36.3 Å². The van der Waals surface area contributed by atoms with Crippen LogP contribution in [0, 0.1) is 0 Å². The predicted octanol–water partition coefficient (Wildman–Crippen LogP) is 1.62. The quantitative estimate of drug-likeness (QED) is 0.656. The van der Waals surface area contributed by atoms with Crippen LogP contribution < -0.4 is 20.3 Å². The average molecular weight is 370 g/mol. The number of hydrogen-bond donors (Lipinski definition) is 2. The number of Topliss-reactive ketones (excluding diaryl/α,β-unsaturated/α-hetero) is 1. The van der Waals surface area contributed by atoms with Crippen LogP contribution in [0.5, 0.6) is 11.5 Å². The molecular formula is C19H22N4O4. The Morgan fingerprint density at radius 1 is 1.26 bits per heavy atom. The largest absolute Gasteiger partial charge is 0.496 e. The number of nitrogens with zero attached hydrogens (tertiary/aromatic N) is 2. The highest BCUT2D eigenvalue weighted by Gasteiger charge is 2.17. The van der Waals surface area contributed by atoms with Crippen molar-refractivity contribution < 1.29 is 14.3 Å². The van der Waals surface area contributed by atoms with Crippen LogP contribution in [0.3, 0.4) is 0 Å². The predicted molar refractivity (Wildman–Crippen MR) is 102 cm³/mol. The van der Waals surface area contributed by atoms with E-state index in [1.807, 2.05) is 12.1 Å². The lowest BCUT2D eigenvalue weighted by atomic mass is 10.0. The number of rotatable bonds is 7. The second kappa shape index (κ2) is 7.63. The first-order valence-corrected chi connectivity index (χ1v) is 8.44. The Kier molecular flexibility index (Phi) is 5.27. The van der Waals surface area contributed by atoms with Crippen LogP contribution in [-0.2, 0) is 18.4 Å². The molecular weight excluding hydrogens is 348 g/mol. The molecule has 142 valence electrons. The summed E-state index contributed by atoms with van der Waals surface area (Å²) < 4.78 is 12.6. The molecule has 2 N–H and O–H groups in total. The van der Waals surface area contributed by atoms with Crippen molar-refractivity contribution >= 4 is 16.7 Å². The molecule has 0 unspecified atom stereocenters. The Morgan fingerprint density at radius 3 is 2.52 bits per heavy atom. The molecule has 8 heteroatoms. The Bertz CT molecular complexity index is 1030. The number of aromatic amines is 1. The molecule has 3 rings (SSSR count). The van der Waals surface area contributed by atoms with E-state index in [1.54, 1.807) is 33.7 Å². The molecule has 0 spiro atoms.